The first-order valence-corrected chi connectivity index (χ1v) is 19.4. The first-order chi connectivity index (χ1) is 26.7. The van der Waals surface area contributed by atoms with Gasteiger partial charge in [0, 0.05) is 35.5 Å². The van der Waals surface area contributed by atoms with E-state index in [1.54, 1.807) is 104 Å². The molecule has 0 aliphatic rings. The van der Waals surface area contributed by atoms with Crippen LogP contribution in [0.5, 0.6) is 0 Å². The fourth-order valence-electron chi connectivity index (χ4n) is 6.24. The Morgan fingerprint density at radius 2 is 0.737 bits per heavy atom. The van der Waals surface area contributed by atoms with Gasteiger partial charge in [-0.25, -0.2) is 0 Å². The molecule has 2 unspecified atom stereocenters. The summed E-state index contributed by atoms with van der Waals surface area (Å²) in [6.45, 7) is 11.2. The van der Waals surface area contributed by atoms with Gasteiger partial charge < -0.3 is 29.9 Å². The number of unbranched alkanes of at least 4 members (excludes halogenated alkanes) is 2. The van der Waals surface area contributed by atoms with Crippen molar-refractivity contribution in [3.63, 3.8) is 0 Å². The maximum Gasteiger partial charge on any atom is 0.193 e. The molecule has 2 atom stereocenters. The molecule has 4 aromatic carbocycles. The molecule has 4 aromatic rings. The molecule has 0 aliphatic heterocycles. The molecule has 4 N–H and O–H groups in total. The second kappa shape index (κ2) is 19.2. The average Bonchev–Trinajstić information content (AvgIpc) is 3.18. The molecular formula is C47H56O10. The molecule has 0 aromatic heterocycles. The van der Waals surface area contributed by atoms with Gasteiger partial charge in [-0.05, 0) is 89.5 Å². The van der Waals surface area contributed by atoms with E-state index in [1.807, 2.05) is 0 Å². The summed E-state index contributed by atoms with van der Waals surface area (Å²) in [5.41, 5.74) is 0.0846. The van der Waals surface area contributed by atoms with Crippen molar-refractivity contribution in [3.8, 4) is 0 Å². The third-order valence-corrected chi connectivity index (χ3v) is 9.64. The fraction of sp³-hybridized carbons (Fsp3) is 0.404. The second-order valence-corrected chi connectivity index (χ2v) is 16.0. The lowest BCUT2D eigenvalue weighted by Gasteiger charge is -2.22. The molecule has 10 nitrogen and oxygen atoms in total. The van der Waals surface area contributed by atoms with Crippen LogP contribution in [0.25, 0.3) is 0 Å². The molecule has 304 valence electrons. The van der Waals surface area contributed by atoms with Gasteiger partial charge >= 0.3 is 0 Å². The predicted molar refractivity (Wildman–Crippen MR) is 218 cm³/mol. The van der Waals surface area contributed by atoms with E-state index in [9.17, 15) is 39.6 Å². The highest BCUT2D eigenvalue weighted by molar-refractivity contribution is 6.03. The first kappa shape index (κ1) is 45.0. The molecule has 0 heterocycles. The maximum atomic E-state index is 12.7. The summed E-state index contributed by atoms with van der Waals surface area (Å²) < 4.78 is 12.9. The van der Waals surface area contributed by atoms with E-state index in [4.69, 9.17) is 9.47 Å². The van der Waals surface area contributed by atoms with E-state index < -0.39 is 52.5 Å². The van der Waals surface area contributed by atoms with Gasteiger partial charge in [-0.3, -0.25) is 19.2 Å². The molecular weight excluding hydrogens is 725 g/mol. The van der Waals surface area contributed by atoms with E-state index in [1.165, 1.54) is 41.5 Å². The van der Waals surface area contributed by atoms with Crippen LogP contribution in [-0.2, 0) is 9.47 Å². The number of carbonyl (C=O) groups is 4. The van der Waals surface area contributed by atoms with Gasteiger partial charge in [-0.1, -0.05) is 104 Å². The number of ether oxygens (including phenoxy) is 2. The molecule has 0 amide bonds. The number of benzene rings is 4. The Morgan fingerprint density at radius 1 is 0.474 bits per heavy atom. The van der Waals surface area contributed by atoms with Crippen molar-refractivity contribution >= 4 is 23.1 Å². The summed E-state index contributed by atoms with van der Waals surface area (Å²) in [6, 6.07) is 27.6. The number of aliphatic hydroxyl groups is 4. The largest absolute Gasteiger partial charge is 0.385 e. The van der Waals surface area contributed by atoms with Crippen molar-refractivity contribution in [3.05, 3.63) is 142 Å². The van der Waals surface area contributed by atoms with Crippen molar-refractivity contribution in [2.24, 2.45) is 0 Å². The summed E-state index contributed by atoms with van der Waals surface area (Å²) in [5.74, 6) is -1.55. The van der Waals surface area contributed by atoms with Gasteiger partial charge in [0.15, 0.2) is 23.1 Å². The van der Waals surface area contributed by atoms with Gasteiger partial charge in [-0.15, -0.1) is 0 Å². The average molecular weight is 781 g/mol. The van der Waals surface area contributed by atoms with Crippen LogP contribution < -0.4 is 0 Å². The zero-order chi connectivity index (χ0) is 42.1. The number of rotatable bonds is 21. The van der Waals surface area contributed by atoms with Crippen molar-refractivity contribution < 1.29 is 49.1 Å². The standard InChI is InChI=1S/C47H56O10/c1-8-38(48)39(49)30-12-14-31(15-13-30)40(32-16-22-35(23-17-32)42(50)45(2,3)53)56-28-10-9-11-29-57-41(33-18-24-36(25-19-33)43(51)46(4,5)54)34-20-26-37(27-21-34)44(52)47(6,7)55/h12-27,38,40-41,48,53-55H,8-11,28-29H2,1-7H3. The van der Waals surface area contributed by atoms with Crippen LogP contribution in [0.3, 0.4) is 0 Å². The predicted octanol–water partition coefficient (Wildman–Crippen LogP) is 7.58. The van der Waals surface area contributed by atoms with E-state index in [-0.39, 0.29) is 5.78 Å². The third kappa shape index (κ3) is 12.2. The molecule has 0 saturated carbocycles. The molecule has 4 rings (SSSR count). The maximum absolute atomic E-state index is 12.7. The summed E-state index contributed by atoms with van der Waals surface area (Å²) in [7, 11) is 0. The minimum absolute atomic E-state index is 0.312. The smallest absolute Gasteiger partial charge is 0.193 e. The van der Waals surface area contributed by atoms with E-state index >= 15 is 0 Å². The molecule has 10 heteroatoms. The molecule has 0 radical (unpaired) electrons. The lowest BCUT2D eigenvalue weighted by atomic mass is 9.92. The van der Waals surface area contributed by atoms with Gasteiger partial charge in [-0.2, -0.15) is 0 Å². The van der Waals surface area contributed by atoms with E-state index in [2.05, 4.69) is 0 Å². The van der Waals surface area contributed by atoms with Crippen LogP contribution in [0, 0.1) is 0 Å². The normalized spacial score (nSPS) is 13.3. The highest BCUT2D eigenvalue weighted by Gasteiger charge is 2.28. The fourth-order valence-corrected chi connectivity index (χ4v) is 6.24. The van der Waals surface area contributed by atoms with Crippen molar-refractivity contribution in [2.75, 3.05) is 13.2 Å². The monoisotopic (exact) mass is 780 g/mol. The number of ketones is 4. The van der Waals surface area contributed by atoms with Gasteiger partial charge in [0.1, 0.15) is 35.1 Å². The number of Topliss-reactive ketones (excluding diaryl/α,β-unsaturated/α-hetero) is 4. The van der Waals surface area contributed by atoms with Crippen LogP contribution in [0.1, 0.15) is 150 Å². The number of hydrogen-bond donors (Lipinski definition) is 4. The van der Waals surface area contributed by atoms with Crippen LogP contribution in [0.2, 0.25) is 0 Å². The van der Waals surface area contributed by atoms with Crippen LogP contribution >= 0.6 is 0 Å². The molecule has 57 heavy (non-hydrogen) atoms. The highest BCUT2D eigenvalue weighted by Crippen LogP contribution is 2.30. The second-order valence-electron chi connectivity index (χ2n) is 16.0. The summed E-state index contributed by atoms with van der Waals surface area (Å²) >= 11 is 0. The Bertz CT molecular complexity index is 1890. The molecule has 0 fully saturated rings. The number of hydrogen-bond acceptors (Lipinski definition) is 10. The zero-order valence-corrected chi connectivity index (χ0v) is 34.0. The Labute approximate surface area is 335 Å². The van der Waals surface area contributed by atoms with Crippen molar-refractivity contribution in [1.82, 2.24) is 0 Å². The zero-order valence-electron chi connectivity index (χ0n) is 34.0. The lowest BCUT2D eigenvalue weighted by molar-refractivity contribution is 0.0487. The molecule has 0 bridgehead atoms. The van der Waals surface area contributed by atoms with Gasteiger partial charge in [0.25, 0.3) is 0 Å². The van der Waals surface area contributed by atoms with Crippen LogP contribution in [0.15, 0.2) is 97.1 Å². The summed E-state index contributed by atoms with van der Waals surface area (Å²) in [4.78, 5) is 50.5. The van der Waals surface area contributed by atoms with Crippen LogP contribution in [0.4, 0.5) is 0 Å². The summed E-state index contributed by atoms with van der Waals surface area (Å²) in [6.07, 6.45) is 0.345. The summed E-state index contributed by atoms with van der Waals surface area (Å²) in [5, 5.41) is 40.7. The Kier molecular flexibility index (Phi) is 15.1. The Balaban J connectivity index is 1.45. The molecule has 0 spiro atoms. The van der Waals surface area contributed by atoms with E-state index in [0.29, 0.717) is 54.7 Å². The van der Waals surface area contributed by atoms with Gasteiger partial charge in [0.2, 0.25) is 0 Å². The van der Waals surface area contributed by atoms with Gasteiger partial charge in [0.05, 0.1) is 0 Å². The SMILES string of the molecule is CCC(O)C(=O)c1ccc(C(OCCCCCOC(c2ccc(C(=O)C(C)(C)O)cc2)c2ccc(C(=O)C(C)(C)O)cc2)c2ccc(C(=O)C(C)(C)O)cc2)cc1. The van der Waals surface area contributed by atoms with E-state index in [0.717, 1.165) is 28.7 Å². The van der Waals surface area contributed by atoms with Crippen LogP contribution in [-0.4, -0.2) is 79.7 Å². The molecule has 0 saturated heterocycles. The third-order valence-electron chi connectivity index (χ3n) is 9.64. The highest BCUT2D eigenvalue weighted by atomic mass is 16.5. The van der Waals surface area contributed by atoms with Crippen molar-refractivity contribution in [2.45, 2.75) is 109 Å². The van der Waals surface area contributed by atoms with Crippen molar-refractivity contribution in [1.29, 1.82) is 0 Å². The lowest BCUT2D eigenvalue weighted by Crippen LogP contribution is -2.31. The minimum atomic E-state index is -1.52. The number of carbonyl (C=O) groups excluding carboxylic acids is 4. The Morgan fingerprint density at radius 3 is 0.982 bits per heavy atom. The quantitative estimate of drug-likeness (QED) is 0.0489. The topological polar surface area (TPSA) is 168 Å². The minimum Gasteiger partial charge on any atom is -0.385 e. The molecule has 0 aliphatic carbocycles. The Hall–Kier alpha value is -4.68. The number of aliphatic hydroxyl groups excluding tert-OH is 1. The first-order valence-electron chi connectivity index (χ1n) is 19.4.